The quantitative estimate of drug-likeness (QED) is 0.588. The minimum atomic E-state index is 0.0984. The van der Waals surface area contributed by atoms with Crippen molar-refractivity contribution in [2.75, 3.05) is 6.61 Å². The van der Waals surface area contributed by atoms with Crippen LogP contribution in [0.4, 0.5) is 0 Å². The van der Waals surface area contributed by atoms with Crippen molar-refractivity contribution in [2.24, 2.45) is 0 Å². The van der Waals surface area contributed by atoms with E-state index in [-0.39, 0.29) is 5.75 Å². The van der Waals surface area contributed by atoms with E-state index in [1.807, 2.05) is 36.4 Å². The van der Waals surface area contributed by atoms with Gasteiger partial charge in [0.2, 0.25) is 0 Å². The summed E-state index contributed by atoms with van der Waals surface area (Å²) in [4.78, 5) is 12.9. The fourth-order valence-electron chi connectivity index (χ4n) is 2.66. The molecule has 0 aliphatic carbocycles. The Labute approximate surface area is 153 Å². The van der Waals surface area contributed by atoms with E-state index in [2.05, 4.69) is 21.9 Å². The number of phenolic OH excluding ortho intramolecular Hbond substituents is 1. The fourth-order valence-corrected chi connectivity index (χ4v) is 2.66. The molecule has 0 radical (unpaired) electrons. The summed E-state index contributed by atoms with van der Waals surface area (Å²) in [5, 5.41) is 10.4. The van der Waals surface area contributed by atoms with Gasteiger partial charge in [-0.3, -0.25) is 0 Å². The number of rotatable bonds is 8. The second kappa shape index (κ2) is 8.94. The number of unbranched alkanes of at least 4 members (excludes halogenated alkanes) is 3. The molecule has 0 saturated carbocycles. The smallest absolute Gasteiger partial charge is 0.167 e. The van der Waals surface area contributed by atoms with E-state index >= 15 is 0 Å². The molecular weight excluding hydrogens is 326 g/mol. The minimum Gasteiger partial charge on any atom is -0.507 e. The van der Waals surface area contributed by atoms with Gasteiger partial charge in [-0.1, -0.05) is 56.5 Å². The van der Waals surface area contributed by atoms with E-state index in [4.69, 9.17) is 4.74 Å². The number of ether oxygens (including phenoxy) is 1. The van der Waals surface area contributed by atoms with Gasteiger partial charge in [-0.25, -0.2) is 15.0 Å². The normalized spacial score (nSPS) is 10.7. The van der Waals surface area contributed by atoms with Crippen LogP contribution in [0.5, 0.6) is 11.5 Å². The van der Waals surface area contributed by atoms with Crippen molar-refractivity contribution < 1.29 is 9.84 Å². The third-order valence-corrected chi connectivity index (χ3v) is 4.08. The van der Waals surface area contributed by atoms with Crippen molar-refractivity contribution >= 4 is 0 Å². The highest BCUT2D eigenvalue weighted by atomic mass is 16.5. The standard InChI is InChI=1S/C21H23N3O2/c1-2-3-4-8-13-26-17-11-12-18(19(25)14-17)21-23-15-22-20(24-21)16-9-6-5-7-10-16/h5-7,9-12,14-15,25H,2-4,8,13H2,1H3. The van der Waals surface area contributed by atoms with E-state index in [0.717, 1.165) is 18.4 Å². The van der Waals surface area contributed by atoms with Crippen molar-refractivity contribution in [1.82, 2.24) is 15.0 Å². The number of benzene rings is 2. The van der Waals surface area contributed by atoms with Gasteiger partial charge in [0.25, 0.3) is 0 Å². The van der Waals surface area contributed by atoms with Crippen molar-refractivity contribution in [1.29, 1.82) is 0 Å². The summed E-state index contributed by atoms with van der Waals surface area (Å²) in [6.07, 6.45) is 6.06. The lowest BCUT2D eigenvalue weighted by Crippen LogP contribution is -1.98. The van der Waals surface area contributed by atoms with Crippen LogP contribution in [-0.4, -0.2) is 26.7 Å². The first-order valence-electron chi connectivity index (χ1n) is 8.98. The van der Waals surface area contributed by atoms with Gasteiger partial charge < -0.3 is 9.84 Å². The van der Waals surface area contributed by atoms with Crippen LogP contribution < -0.4 is 4.74 Å². The highest BCUT2D eigenvalue weighted by Gasteiger charge is 2.11. The molecule has 1 aromatic heterocycles. The van der Waals surface area contributed by atoms with E-state index < -0.39 is 0 Å². The molecule has 0 bridgehead atoms. The molecule has 134 valence electrons. The van der Waals surface area contributed by atoms with Crippen molar-refractivity contribution in [3.05, 3.63) is 54.9 Å². The molecule has 0 atom stereocenters. The van der Waals surface area contributed by atoms with Gasteiger partial charge in [0.1, 0.15) is 17.8 Å². The third-order valence-electron chi connectivity index (χ3n) is 4.08. The Morgan fingerprint density at radius 2 is 1.73 bits per heavy atom. The number of aromatic hydroxyl groups is 1. The molecule has 1 heterocycles. The van der Waals surface area contributed by atoms with E-state index in [9.17, 15) is 5.11 Å². The van der Waals surface area contributed by atoms with Gasteiger partial charge in [-0.05, 0) is 18.6 Å². The molecule has 1 N–H and O–H groups in total. The maximum Gasteiger partial charge on any atom is 0.167 e. The highest BCUT2D eigenvalue weighted by Crippen LogP contribution is 2.31. The van der Waals surface area contributed by atoms with Crippen LogP contribution in [0, 0.1) is 0 Å². The van der Waals surface area contributed by atoms with E-state index in [0.29, 0.717) is 29.6 Å². The zero-order valence-corrected chi connectivity index (χ0v) is 14.9. The maximum absolute atomic E-state index is 10.4. The van der Waals surface area contributed by atoms with Gasteiger partial charge in [0, 0.05) is 11.6 Å². The van der Waals surface area contributed by atoms with Crippen molar-refractivity contribution in [3.63, 3.8) is 0 Å². The largest absolute Gasteiger partial charge is 0.507 e. The van der Waals surface area contributed by atoms with Crippen LogP contribution in [0.3, 0.4) is 0 Å². The predicted octanol–water partition coefficient (Wildman–Crippen LogP) is 4.87. The second-order valence-corrected chi connectivity index (χ2v) is 6.09. The van der Waals surface area contributed by atoms with Gasteiger partial charge >= 0.3 is 0 Å². The molecule has 0 fully saturated rings. The third kappa shape index (κ3) is 4.57. The fraction of sp³-hybridized carbons (Fsp3) is 0.286. The predicted molar refractivity (Wildman–Crippen MR) is 102 cm³/mol. The molecule has 0 spiro atoms. The molecule has 5 heteroatoms. The molecule has 0 aliphatic heterocycles. The average molecular weight is 349 g/mol. The molecule has 5 nitrogen and oxygen atoms in total. The topological polar surface area (TPSA) is 68.1 Å². The SMILES string of the molecule is CCCCCCOc1ccc(-c2ncnc(-c3ccccc3)n2)c(O)c1. The maximum atomic E-state index is 10.4. The molecule has 0 unspecified atom stereocenters. The van der Waals surface area contributed by atoms with Gasteiger partial charge in [0.15, 0.2) is 11.6 Å². The molecule has 3 aromatic rings. The molecular formula is C21H23N3O2. The second-order valence-electron chi connectivity index (χ2n) is 6.09. The van der Waals surface area contributed by atoms with Gasteiger partial charge in [-0.15, -0.1) is 0 Å². The minimum absolute atomic E-state index is 0.0984. The lowest BCUT2D eigenvalue weighted by molar-refractivity contribution is 0.303. The molecule has 0 amide bonds. The molecule has 0 saturated heterocycles. The number of hydrogen-bond donors (Lipinski definition) is 1. The Hall–Kier alpha value is -2.95. The van der Waals surface area contributed by atoms with Crippen molar-refractivity contribution in [3.8, 4) is 34.3 Å². The first-order chi connectivity index (χ1) is 12.8. The summed E-state index contributed by atoms with van der Waals surface area (Å²) < 4.78 is 5.70. The van der Waals surface area contributed by atoms with Crippen LogP contribution >= 0.6 is 0 Å². The van der Waals surface area contributed by atoms with E-state index in [1.165, 1.54) is 19.2 Å². The number of hydrogen-bond acceptors (Lipinski definition) is 5. The molecule has 2 aromatic carbocycles. The first-order valence-corrected chi connectivity index (χ1v) is 8.98. The van der Waals surface area contributed by atoms with Crippen LogP contribution in [0.15, 0.2) is 54.9 Å². The van der Waals surface area contributed by atoms with Gasteiger partial charge in [0.05, 0.1) is 12.2 Å². The molecule has 0 aliphatic rings. The molecule has 26 heavy (non-hydrogen) atoms. The Morgan fingerprint density at radius 3 is 2.50 bits per heavy atom. The van der Waals surface area contributed by atoms with Crippen LogP contribution in [0.1, 0.15) is 32.6 Å². The summed E-state index contributed by atoms with van der Waals surface area (Å²) in [6, 6.07) is 14.9. The Bertz CT molecular complexity index is 838. The van der Waals surface area contributed by atoms with Crippen LogP contribution in [0.25, 0.3) is 22.8 Å². The van der Waals surface area contributed by atoms with E-state index in [1.54, 1.807) is 12.1 Å². The summed E-state index contributed by atoms with van der Waals surface area (Å²) in [6.45, 7) is 2.84. The van der Waals surface area contributed by atoms with Crippen LogP contribution in [0.2, 0.25) is 0 Å². The number of phenols is 1. The summed E-state index contributed by atoms with van der Waals surface area (Å²) in [5.41, 5.74) is 1.46. The average Bonchev–Trinajstić information content (AvgIpc) is 2.69. The summed E-state index contributed by atoms with van der Waals surface area (Å²) in [5.74, 6) is 1.76. The Balaban J connectivity index is 1.73. The lowest BCUT2D eigenvalue weighted by Gasteiger charge is -2.09. The van der Waals surface area contributed by atoms with Gasteiger partial charge in [-0.2, -0.15) is 0 Å². The number of aromatic nitrogens is 3. The zero-order valence-electron chi connectivity index (χ0n) is 14.9. The lowest BCUT2D eigenvalue weighted by atomic mass is 10.1. The highest BCUT2D eigenvalue weighted by molar-refractivity contribution is 5.67. The summed E-state index contributed by atoms with van der Waals surface area (Å²) >= 11 is 0. The monoisotopic (exact) mass is 349 g/mol. The Morgan fingerprint density at radius 1 is 0.923 bits per heavy atom. The number of nitrogens with zero attached hydrogens (tertiary/aromatic N) is 3. The first kappa shape index (κ1) is 17.9. The summed E-state index contributed by atoms with van der Waals surface area (Å²) in [7, 11) is 0. The van der Waals surface area contributed by atoms with Crippen molar-refractivity contribution in [2.45, 2.75) is 32.6 Å². The van der Waals surface area contributed by atoms with Crippen LogP contribution in [-0.2, 0) is 0 Å². The zero-order chi connectivity index (χ0) is 18.2. The molecule has 3 rings (SSSR count). The Kier molecular flexibility index (Phi) is 6.14.